The summed E-state index contributed by atoms with van der Waals surface area (Å²) in [6, 6.07) is 0. The zero-order valence-corrected chi connectivity index (χ0v) is 10.8. The van der Waals surface area contributed by atoms with Crippen molar-refractivity contribution in [2.45, 2.75) is 33.0 Å². The van der Waals surface area contributed by atoms with E-state index in [0.29, 0.717) is 11.6 Å². The molecule has 2 heterocycles. The first kappa shape index (κ1) is 12.8. The molecule has 0 radical (unpaired) electrons. The summed E-state index contributed by atoms with van der Waals surface area (Å²) in [4.78, 5) is 21.3. The van der Waals surface area contributed by atoms with E-state index in [1.807, 2.05) is 18.7 Å². The number of aryl methyl sites for hydroxylation is 1. The third-order valence-corrected chi connectivity index (χ3v) is 2.90. The number of hydrogen-bond donors (Lipinski definition) is 1. The maximum atomic E-state index is 10.9. The molecule has 1 aliphatic rings. The maximum absolute atomic E-state index is 10.9. The number of carbonyl (C=O) groups is 1. The summed E-state index contributed by atoms with van der Waals surface area (Å²) in [5.74, 6) is -0.428. The van der Waals surface area contributed by atoms with Crippen LogP contribution in [0.15, 0.2) is 6.20 Å². The molecule has 6 nitrogen and oxygen atoms in total. The second-order valence-corrected chi connectivity index (χ2v) is 4.64. The molecular formula is C12H17N3O3. The van der Waals surface area contributed by atoms with Crippen molar-refractivity contribution in [1.82, 2.24) is 9.97 Å². The van der Waals surface area contributed by atoms with Crippen LogP contribution in [0.3, 0.4) is 0 Å². The number of rotatable bonds is 2. The Bertz CT molecular complexity index is 454. The fourth-order valence-corrected chi connectivity index (χ4v) is 2.16. The quantitative estimate of drug-likeness (QED) is 0.848. The lowest BCUT2D eigenvalue weighted by Crippen LogP contribution is -2.46. The Hall–Kier alpha value is -1.69. The third-order valence-electron chi connectivity index (χ3n) is 2.90. The van der Waals surface area contributed by atoms with Crippen molar-refractivity contribution < 1.29 is 14.6 Å². The third kappa shape index (κ3) is 2.59. The molecule has 0 amide bonds. The second-order valence-electron chi connectivity index (χ2n) is 4.64. The molecule has 1 saturated heterocycles. The monoisotopic (exact) mass is 251 g/mol. The van der Waals surface area contributed by atoms with Gasteiger partial charge in [-0.2, -0.15) is 0 Å². The molecule has 1 aromatic heterocycles. The summed E-state index contributed by atoms with van der Waals surface area (Å²) in [6.07, 6.45) is 1.61. The largest absolute Gasteiger partial charge is 0.478 e. The maximum Gasteiger partial charge on any atom is 0.339 e. The van der Waals surface area contributed by atoms with E-state index in [1.54, 1.807) is 6.92 Å². The number of aromatic nitrogens is 2. The molecule has 0 unspecified atom stereocenters. The Balaban J connectivity index is 2.23. The molecule has 18 heavy (non-hydrogen) atoms. The van der Waals surface area contributed by atoms with Crippen LogP contribution in [0.5, 0.6) is 0 Å². The number of ether oxygens (including phenoxy) is 1. The standard InChI is InChI=1S/C12H17N3O3/c1-7-5-15(6-8(2)18-7)12-13-4-10(11(16)17)9(3)14-12/h4,7-8H,5-6H2,1-3H3,(H,16,17)/t7-,8+. The Kier molecular flexibility index (Phi) is 3.47. The average Bonchev–Trinajstić information content (AvgIpc) is 2.26. The number of carboxylic acids is 1. The van der Waals surface area contributed by atoms with Crippen molar-refractivity contribution in [3.63, 3.8) is 0 Å². The first-order valence-electron chi connectivity index (χ1n) is 5.94. The van der Waals surface area contributed by atoms with E-state index in [4.69, 9.17) is 9.84 Å². The van der Waals surface area contributed by atoms with Gasteiger partial charge in [-0.05, 0) is 20.8 Å². The Morgan fingerprint density at radius 2 is 2.06 bits per heavy atom. The summed E-state index contributed by atoms with van der Waals surface area (Å²) < 4.78 is 5.64. The van der Waals surface area contributed by atoms with Crippen LogP contribution in [0.1, 0.15) is 29.9 Å². The molecule has 0 spiro atoms. The number of anilines is 1. The van der Waals surface area contributed by atoms with Crippen LogP contribution >= 0.6 is 0 Å². The van der Waals surface area contributed by atoms with Gasteiger partial charge in [0.2, 0.25) is 5.95 Å². The van der Waals surface area contributed by atoms with Crippen molar-refractivity contribution in [2.24, 2.45) is 0 Å². The number of carboxylic acid groups (broad SMARTS) is 1. The lowest BCUT2D eigenvalue weighted by Gasteiger charge is -2.35. The molecule has 2 atom stereocenters. The molecular weight excluding hydrogens is 234 g/mol. The highest BCUT2D eigenvalue weighted by Gasteiger charge is 2.24. The fourth-order valence-electron chi connectivity index (χ4n) is 2.16. The van der Waals surface area contributed by atoms with Gasteiger partial charge in [-0.25, -0.2) is 14.8 Å². The van der Waals surface area contributed by atoms with Crippen LogP contribution < -0.4 is 4.90 Å². The predicted molar refractivity (Wildman–Crippen MR) is 66.0 cm³/mol. The van der Waals surface area contributed by atoms with Crippen LogP contribution in [-0.4, -0.2) is 46.3 Å². The summed E-state index contributed by atoms with van der Waals surface area (Å²) in [6.45, 7) is 7.12. The van der Waals surface area contributed by atoms with Crippen LogP contribution in [-0.2, 0) is 4.74 Å². The average molecular weight is 251 g/mol. The van der Waals surface area contributed by atoms with E-state index in [0.717, 1.165) is 13.1 Å². The van der Waals surface area contributed by atoms with Gasteiger partial charge in [0.05, 0.1) is 23.5 Å². The van der Waals surface area contributed by atoms with Gasteiger partial charge >= 0.3 is 5.97 Å². The van der Waals surface area contributed by atoms with Gasteiger partial charge in [-0.1, -0.05) is 0 Å². The summed E-state index contributed by atoms with van der Waals surface area (Å²) in [5.41, 5.74) is 0.632. The van der Waals surface area contributed by atoms with E-state index in [-0.39, 0.29) is 17.8 Å². The Labute approximate surface area is 106 Å². The van der Waals surface area contributed by atoms with Crippen molar-refractivity contribution >= 4 is 11.9 Å². The van der Waals surface area contributed by atoms with Gasteiger partial charge in [-0.3, -0.25) is 0 Å². The van der Waals surface area contributed by atoms with E-state index in [9.17, 15) is 4.79 Å². The molecule has 6 heteroatoms. The number of hydrogen-bond acceptors (Lipinski definition) is 5. The van der Waals surface area contributed by atoms with Gasteiger partial charge in [0, 0.05) is 19.3 Å². The molecule has 1 fully saturated rings. The van der Waals surface area contributed by atoms with Crippen LogP contribution in [0.2, 0.25) is 0 Å². The van der Waals surface area contributed by atoms with E-state index in [1.165, 1.54) is 6.20 Å². The molecule has 0 aliphatic carbocycles. The molecule has 0 aromatic carbocycles. The number of morpholine rings is 1. The minimum atomic E-state index is -0.997. The molecule has 0 bridgehead atoms. The van der Waals surface area contributed by atoms with Crippen LogP contribution in [0, 0.1) is 6.92 Å². The van der Waals surface area contributed by atoms with Gasteiger partial charge in [-0.15, -0.1) is 0 Å². The normalized spacial score (nSPS) is 24.1. The highest BCUT2D eigenvalue weighted by Crippen LogP contribution is 2.17. The van der Waals surface area contributed by atoms with Gasteiger partial charge < -0.3 is 14.7 Å². The van der Waals surface area contributed by atoms with Gasteiger partial charge in [0.1, 0.15) is 0 Å². The molecule has 1 aromatic rings. The predicted octanol–water partition coefficient (Wildman–Crippen LogP) is 1.10. The zero-order valence-electron chi connectivity index (χ0n) is 10.8. The van der Waals surface area contributed by atoms with Crippen molar-refractivity contribution in [2.75, 3.05) is 18.0 Å². The smallest absolute Gasteiger partial charge is 0.339 e. The van der Waals surface area contributed by atoms with Crippen molar-refractivity contribution in [3.8, 4) is 0 Å². The topological polar surface area (TPSA) is 75.5 Å². The van der Waals surface area contributed by atoms with E-state index in [2.05, 4.69) is 9.97 Å². The summed E-state index contributed by atoms with van der Waals surface area (Å²) >= 11 is 0. The van der Waals surface area contributed by atoms with E-state index >= 15 is 0 Å². The molecule has 98 valence electrons. The zero-order chi connectivity index (χ0) is 13.3. The first-order chi connectivity index (χ1) is 8.47. The van der Waals surface area contributed by atoms with Crippen LogP contribution in [0.25, 0.3) is 0 Å². The Morgan fingerprint density at radius 3 is 2.56 bits per heavy atom. The minimum Gasteiger partial charge on any atom is -0.478 e. The van der Waals surface area contributed by atoms with E-state index < -0.39 is 5.97 Å². The van der Waals surface area contributed by atoms with Crippen molar-refractivity contribution in [3.05, 3.63) is 17.5 Å². The van der Waals surface area contributed by atoms with Gasteiger partial charge in [0.15, 0.2) is 0 Å². The van der Waals surface area contributed by atoms with Crippen molar-refractivity contribution in [1.29, 1.82) is 0 Å². The molecule has 0 saturated carbocycles. The summed E-state index contributed by atoms with van der Waals surface area (Å²) in [5, 5.41) is 8.94. The number of aromatic carboxylic acids is 1. The first-order valence-corrected chi connectivity index (χ1v) is 5.94. The summed E-state index contributed by atoms with van der Waals surface area (Å²) in [7, 11) is 0. The highest BCUT2D eigenvalue weighted by molar-refractivity contribution is 5.88. The number of nitrogens with zero attached hydrogens (tertiary/aromatic N) is 3. The minimum absolute atomic E-state index is 0.122. The van der Waals surface area contributed by atoms with Crippen LogP contribution in [0.4, 0.5) is 5.95 Å². The molecule has 2 rings (SSSR count). The SMILES string of the molecule is Cc1nc(N2C[C@@H](C)O[C@@H](C)C2)ncc1C(=O)O. The lowest BCUT2D eigenvalue weighted by atomic mass is 10.2. The molecule has 1 aliphatic heterocycles. The fraction of sp³-hybridized carbons (Fsp3) is 0.583. The van der Waals surface area contributed by atoms with Gasteiger partial charge in [0.25, 0.3) is 0 Å². The second kappa shape index (κ2) is 4.89. The highest BCUT2D eigenvalue weighted by atomic mass is 16.5. The lowest BCUT2D eigenvalue weighted by molar-refractivity contribution is -0.00574. The Morgan fingerprint density at radius 1 is 1.44 bits per heavy atom. The molecule has 1 N–H and O–H groups in total.